The Kier molecular flexibility index (Phi) is 5.40. The van der Waals surface area contributed by atoms with Gasteiger partial charge in [0.25, 0.3) is 0 Å². The van der Waals surface area contributed by atoms with Crippen LogP contribution in [0.3, 0.4) is 0 Å². The third-order valence-corrected chi connectivity index (χ3v) is 3.11. The van der Waals surface area contributed by atoms with Gasteiger partial charge in [-0.3, -0.25) is 14.2 Å². The van der Waals surface area contributed by atoms with E-state index < -0.39 is 18.4 Å². The number of imidazole rings is 1. The van der Waals surface area contributed by atoms with Crippen LogP contribution in [-0.4, -0.2) is 27.9 Å². The summed E-state index contributed by atoms with van der Waals surface area (Å²) in [5, 5.41) is 4.82. The van der Waals surface area contributed by atoms with E-state index in [0.29, 0.717) is 10.3 Å². The van der Waals surface area contributed by atoms with Crippen molar-refractivity contribution in [2.45, 2.75) is 19.9 Å². The zero-order valence-electron chi connectivity index (χ0n) is 12.4. The molecule has 2 rings (SSSR count). The fraction of sp³-hybridized carbons (Fsp3) is 0.267. The monoisotopic (exact) mass is 322 g/mol. The number of aryl methyl sites for hydroxylation is 1. The molecule has 0 radical (unpaired) electrons. The SMILES string of the molecule is Cc1ccc(NC(=O)C(=O)NCCc2nccn2C(F)F)cc1. The van der Waals surface area contributed by atoms with Crippen LogP contribution < -0.4 is 10.6 Å². The highest BCUT2D eigenvalue weighted by Crippen LogP contribution is 2.12. The molecule has 23 heavy (non-hydrogen) atoms. The third kappa shape index (κ3) is 4.60. The van der Waals surface area contributed by atoms with Crippen LogP contribution in [0.15, 0.2) is 36.7 Å². The number of rotatable bonds is 5. The highest BCUT2D eigenvalue weighted by molar-refractivity contribution is 6.39. The minimum atomic E-state index is -2.69. The molecule has 0 aliphatic carbocycles. The topological polar surface area (TPSA) is 76.0 Å². The molecule has 1 aromatic carbocycles. The summed E-state index contributed by atoms with van der Waals surface area (Å²) in [5.74, 6) is -1.51. The third-order valence-electron chi connectivity index (χ3n) is 3.11. The van der Waals surface area contributed by atoms with Crippen LogP contribution in [0.4, 0.5) is 14.5 Å². The first-order chi connectivity index (χ1) is 11.0. The molecule has 2 N–H and O–H groups in total. The maximum Gasteiger partial charge on any atom is 0.319 e. The number of benzene rings is 1. The highest BCUT2D eigenvalue weighted by atomic mass is 19.3. The lowest BCUT2D eigenvalue weighted by atomic mass is 10.2. The second kappa shape index (κ2) is 7.48. The first-order valence-corrected chi connectivity index (χ1v) is 6.93. The molecule has 1 aromatic heterocycles. The molecule has 0 aliphatic rings. The van der Waals surface area contributed by atoms with Gasteiger partial charge in [-0.1, -0.05) is 17.7 Å². The summed E-state index contributed by atoms with van der Waals surface area (Å²) >= 11 is 0. The van der Waals surface area contributed by atoms with Crippen LogP contribution in [0, 0.1) is 6.92 Å². The lowest BCUT2D eigenvalue weighted by Crippen LogP contribution is -2.36. The Hall–Kier alpha value is -2.77. The standard InChI is InChI=1S/C15H16F2N4O2/c1-10-2-4-11(5-3-10)20-14(23)13(22)19-7-6-12-18-8-9-21(12)15(16)17/h2-5,8-9,15H,6-7H2,1H3,(H,19,22)(H,20,23). The molecular weight excluding hydrogens is 306 g/mol. The quantitative estimate of drug-likeness (QED) is 0.825. The van der Waals surface area contributed by atoms with Crippen LogP contribution in [-0.2, 0) is 16.0 Å². The van der Waals surface area contributed by atoms with Gasteiger partial charge in [-0.05, 0) is 19.1 Å². The summed E-state index contributed by atoms with van der Waals surface area (Å²) in [6.45, 7) is -0.751. The van der Waals surface area contributed by atoms with Crippen molar-refractivity contribution < 1.29 is 18.4 Å². The van der Waals surface area contributed by atoms with Gasteiger partial charge in [0.2, 0.25) is 0 Å². The molecule has 0 atom stereocenters. The van der Waals surface area contributed by atoms with Gasteiger partial charge in [-0.2, -0.15) is 8.78 Å². The number of alkyl halides is 2. The number of amides is 2. The molecule has 1 heterocycles. The summed E-state index contributed by atoms with van der Waals surface area (Å²) < 4.78 is 25.9. The van der Waals surface area contributed by atoms with Gasteiger partial charge in [0.1, 0.15) is 5.82 Å². The number of halogens is 2. The van der Waals surface area contributed by atoms with Crippen LogP contribution >= 0.6 is 0 Å². The van der Waals surface area contributed by atoms with E-state index in [1.54, 1.807) is 24.3 Å². The average molecular weight is 322 g/mol. The number of carbonyl (C=O) groups excluding carboxylic acids is 2. The van der Waals surface area contributed by atoms with Crippen LogP contribution in [0.2, 0.25) is 0 Å². The normalized spacial score (nSPS) is 10.6. The van der Waals surface area contributed by atoms with E-state index >= 15 is 0 Å². The minimum absolute atomic E-state index is 0.0316. The number of aromatic nitrogens is 2. The van der Waals surface area contributed by atoms with E-state index in [1.165, 1.54) is 6.20 Å². The van der Waals surface area contributed by atoms with Crippen molar-refractivity contribution >= 4 is 17.5 Å². The molecule has 2 amide bonds. The van der Waals surface area contributed by atoms with E-state index in [9.17, 15) is 18.4 Å². The molecule has 8 heteroatoms. The second-order valence-electron chi connectivity index (χ2n) is 4.85. The molecule has 0 unspecified atom stereocenters. The zero-order chi connectivity index (χ0) is 16.8. The van der Waals surface area contributed by atoms with Gasteiger partial charge in [0.15, 0.2) is 0 Å². The largest absolute Gasteiger partial charge is 0.347 e. The lowest BCUT2D eigenvalue weighted by Gasteiger charge is -2.08. The Morgan fingerprint density at radius 1 is 1.22 bits per heavy atom. The van der Waals surface area contributed by atoms with Crippen molar-refractivity contribution in [3.63, 3.8) is 0 Å². The molecule has 0 aliphatic heterocycles. The second-order valence-corrected chi connectivity index (χ2v) is 4.85. The predicted octanol–water partition coefficient (Wildman–Crippen LogP) is 1.88. The zero-order valence-corrected chi connectivity index (χ0v) is 12.4. The first kappa shape index (κ1) is 16.6. The Bertz CT molecular complexity index is 683. The summed E-state index contributed by atoms with van der Waals surface area (Å²) in [5.41, 5.74) is 1.53. The Labute approximate surface area is 131 Å². The van der Waals surface area contributed by atoms with Gasteiger partial charge in [0.05, 0.1) is 0 Å². The van der Waals surface area contributed by atoms with E-state index in [0.717, 1.165) is 11.8 Å². The Morgan fingerprint density at radius 3 is 2.57 bits per heavy atom. The molecular formula is C15H16F2N4O2. The minimum Gasteiger partial charge on any atom is -0.347 e. The predicted molar refractivity (Wildman–Crippen MR) is 80.0 cm³/mol. The van der Waals surface area contributed by atoms with Crippen LogP contribution in [0.5, 0.6) is 0 Å². The van der Waals surface area contributed by atoms with Crippen LogP contribution in [0.25, 0.3) is 0 Å². The molecule has 0 bridgehead atoms. The molecule has 6 nitrogen and oxygen atoms in total. The maximum atomic E-state index is 12.6. The molecule has 2 aromatic rings. The van der Waals surface area contributed by atoms with E-state index in [4.69, 9.17) is 0 Å². The number of anilines is 1. The fourth-order valence-corrected chi connectivity index (χ4v) is 1.91. The van der Waals surface area contributed by atoms with E-state index in [1.807, 2.05) is 6.92 Å². The van der Waals surface area contributed by atoms with Crippen LogP contribution in [0.1, 0.15) is 17.9 Å². The van der Waals surface area contributed by atoms with Crippen molar-refractivity contribution in [1.82, 2.24) is 14.9 Å². The molecule has 122 valence electrons. The summed E-state index contributed by atoms with van der Waals surface area (Å²) in [6, 6.07) is 6.97. The molecule has 0 saturated heterocycles. The molecule has 0 spiro atoms. The maximum absolute atomic E-state index is 12.6. The molecule has 0 fully saturated rings. The van der Waals surface area contributed by atoms with Gasteiger partial charge >= 0.3 is 18.4 Å². The van der Waals surface area contributed by atoms with Gasteiger partial charge in [-0.25, -0.2) is 4.98 Å². The lowest BCUT2D eigenvalue weighted by molar-refractivity contribution is -0.136. The van der Waals surface area contributed by atoms with E-state index in [2.05, 4.69) is 15.6 Å². The smallest absolute Gasteiger partial charge is 0.319 e. The number of nitrogens with zero attached hydrogens (tertiary/aromatic N) is 2. The van der Waals surface area contributed by atoms with Crippen molar-refractivity contribution in [3.05, 3.63) is 48.0 Å². The fourth-order valence-electron chi connectivity index (χ4n) is 1.91. The van der Waals surface area contributed by atoms with Crippen molar-refractivity contribution in [3.8, 4) is 0 Å². The van der Waals surface area contributed by atoms with Gasteiger partial charge < -0.3 is 10.6 Å². The molecule has 0 saturated carbocycles. The summed E-state index contributed by atoms with van der Waals surface area (Å²) in [6.07, 6.45) is 2.51. The Morgan fingerprint density at radius 2 is 1.91 bits per heavy atom. The number of hydrogen-bond donors (Lipinski definition) is 2. The van der Waals surface area contributed by atoms with Crippen molar-refractivity contribution in [2.75, 3.05) is 11.9 Å². The number of nitrogens with one attached hydrogen (secondary N) is 2. The van der Waals surface area contributed by atoms with Crippen molar-refractivity contribution in [1.29, 1.82) is 0 Å². The van der Waals surface area contributed by atoms with Gasteiger partial charge in [0, 0.05) is 31.0 Å². The number of carbonyl (C=O) groups is 2. The summed E-state index contributed by atoms with van der Waals surface area (Å²) in [4.78, 5) is 27.2. The number of hydrogen-bond acceptors (Lipinski definition) is 3. The van der Waals surface area contributed by atoms with Crippen molar-refractivity contribution in [2.24, 2.45) is 0 Å². The first-order valence-electron chi connectivity index (χ1n) is 6.93. The van der Waals surface area contributed by atoms with E-state index in [-0.39, 0.29) is 18.8 Å². The Balaban J connectivity index is 1.81. The summed E-state index contributed by atoms with van der Waals surface area (Å²) in [7, 11) is 0. The average Bonchev–Trinajstić information content (AvgIpc) is 2.98. The highest BCUT2D eigenvalue weighted by Gasteiger charge is 2.15. The van der Waals surface area contributed by atoms with Gasteiger partial charge in [-0.15, -0.1) is 0 Å².